The van der Waals surface area contributed by atoms with Crippen molar-refractivity contribution in [3.63, 3.8) is 0 Å². The molecule has 0 aromatic heterocycles. The average Bonchev–Trinajstić information content (AvgIpc) is 3.05. The van der Waals surface area contributed by atoms with E-state index < -0.39 is 15.6 Å². The summed E-state index contributed by atoms with van der Waals surface area (Å²) in [4.78, 5) is 4.75. The predicted molar refractivity (Wildman–Crippen MR) is 86.7 cm³/mol. The molecule has 2 aliphatic rings. The molecule has 1 aromatic carbocycles. The van der Waals surface area contributed by atoms with Crippen molar-refractivity contribution in [2.24, 2.45) is 0 Å². The van der Waals surface area contributed by atoms with Gasteiger partial charge in [-0.3, -0.25) is 4.90 Å². The van der Waals surface area contributed by atoms with Crippen LogP contribution in [0.5, 0.6) is 5.75 Å². The molecule has 2 aliphatic heterocycles. The molecule has 0 aliphatic carbocycles. The summed E-state index contributed by atoms with van der Waals surface area (Å²) in [6.45, 7) is 5.81. The maximum atomic E-state index is 12.4. The Bertz CT molecular complexity index is 716. The molecule has 5 nitrogen and oxygen atoms in total. The molecule has 25 heavy (non-hydrogen) atoms. The largest absolute Gasteiger partial charge is 0.534 e. The highest BCUT2D eigenvalue weighted by molar-refractivity contribution is 7.88. The van der Waals surface area contributed by atoms with E-state index in [2.05, 4.69) is 14.0 Å². The molecule has 140 valence electrons. The third kappa shape index (κ3) is 4.45. The van der Waals surface area contributed by atoms with Crippen molar-refractivity contribution in [3.05, 3.63) is 29.3 Å². The van der Waals surface area contributed by atoms with Crippen LogP contribution in [0.25, 0.3) is 0 Å². The smallest absolute Gasteiger partial charge is 0.376 e. The summed E-state index contributed by atoms with van der Waals surface area (Å²) in [6.07, 6.45) is 3.18. The van der Waals surface area contributed by atoms with Crippen LogP contribution >= 0.6 is 0 Å². The normalized spacial score (nSPS) is 19.8. The van der Waals surface area contributed by atoms with Crippen LogP contribution in [0.3, 0.4) is 0 Å². The van der Waals surface area contributed by atoms with Crippen LogP contribution in [-0.2, 0) is 23.1 Å². The molecular weight excluding hydrogens is 357 g/mol. The molecular formula is C16H21F3N2O3S. The molecule has 1 saturated heterocycles. The minimum absolute atomic E-state index is 0.290. The third-order valence-corrected chi connectivity index (χ3v) is 5.67. The van der Waals surface area contributed by atoms with Crippen molar-refractivity contribution in [3.8, 4) is 5.75 Å². The molecule has 0 amide bonds. The van der Waals surface area contributed by atoms with Gasteiger partial charge >= 0.3 is 15.6 Å². The zero-order valence-corrected chi connectivity index (χ0v) is 14.6. The van der Waals surface area contributed by atoms with E-state index in [4.69, 9.17) is 0 Å². The number of halogens is 3. The van der Waals surface area contributed by atoms with Gasteiger partial charge in [-0.2, -0.15) is 21.6 Å². The van der Waals surface area contributed by atoms with Crippen LogP contribution in [0.2, 0.25) is 0 Å². The van der Waals surface area contributed by atoms with E-state index in [1.165, 1.54) is 25.0 Å². The zero-order valence-electron chi connectivity index (χ0n) is 13.8. The molecule has 0 saturated carbocycles. The molecule has 0 N–H and O–H groups in total. The Hall–Kier alpha value is -1.32. The monoisotopic (exact) mass is 378 g/mol. The number of fused-ring (bicyclic) bond motifs is 1. The highest BCUT2D eigenvalue weighted by atomic mass is 32.2. The van der Waals surface area contributed by atoms with Gasteiger partial charge in [0.25, 0.3) is 0 Å². The molecule has 0 atom stereocenters. The van der Waals surface area contributed by atoms with Gasteiger partial charge < -0.3 is 9.08 Å². The second-order valence-corrected chi connectivity index (χ2v) is 8.03. The van der Waals surface area contributed by atoms with Crippen molar-refractivity contribution in [2.45, 2.75) is 31.3 Å². The molecule has 0 radical (unpaired) electrons. The molecule has 9 heteroatoms. The van der Waals surface area contributed by atoms with Crippen LogP contribution in [0, 0.1) is 0 Å². The Labute approximate surface area is 145 Å². The van der Waals surface area contributed by atoms with Crippen molar-refractivity contribution in [1.29, 1.82) is 0 Å². The Morgan fingerprint density at radius 1 is 1.00 bits per heavy atom. The maximum Gasteiger partial charge on any atom is 0.534 e. The SMILES string of the molecule is O=S(=O)(Oc1ccc2c(c1)CCN(CCN1CCCC1)C2)C(F)(F)F. The lowest BCUT2D eigenvalue weighted by atomic mass is 9.99. The van der Waals surface area contributed by atoms with Crippen LogP contribution in [0.15, 0.2) is 18.2 Å². The first kappa shape index (κ1) is 18.5. The van der Waals surface area contributed by atoms with Gasteiger partial charge in [0.1, 0.15) is 5.75 Å². The number of likely N-dealkylation sites (tertiary alicyclic amines) is 1. The Kier molecular flexibility index (Phi) is 5.26. The first-order chi connectivity index (χ1) is 11.7. The van der Waals surface area contributed by atoms with Crippen LogP contribution in [-0.4, -0.2) is 56.4 Å². The molecule has 0 unspecified atom stereocenters. The summed E-state index contributed by atoms with van der Waals surface area (Å²) in [5.41, 5.74) is -3.58. The van der Waals surface area contributed by atoms with Gasteiger partial charge in [-0.1, -0.05) is 6.07 Å². The summed E-state index contributed by atoms with van der Waals surface area (Å²) in [5, 5.41) is 0. The fraction of sp³-hybridized carbons (Fsp3) is 0.625. The fourth-order valence-electron chi connectivity index (χ4n) is 3.29. The molecule has 1 aromatic rings. The lowest BCUT2D eigenvalue weighted by Gasteiger charge is -2.30. The van der Waals surface area contributed by atoms with Gasteiger partial charge in [0.05, 0.1) is 0 Å². The third-order valence-electron chi connectivity index (χ3n) is 4.69. The summed E-state index contributed by atoms with van der Waals surface area (Å²) < 4.78 is 63.6. The first-order valence-electron chi connectivity index (χ1n) is 8.32. The van der Waals surface area contributed by atoms with Crippen molar-refractivity contribution >= 4 is 10.1 Å². The Morgan fingerprint density at radius 3 is 2.36 bits per heavy atom. The van der Waals surface area contributed by atoms with Crippen LogP contribution < -0.4 is 4.18 Å². The van der Waals surface area contributed by atoms with Crippen LogP contribution in [0.4, 0.5) is 13.2 Å². The first-order valence-corrected chi connectivity index (χ1v) is 9.73. The van der Waals surface area contributed by atoms with E-state index in [9.17, 15) is 21.6 Å². The number of hydrogen-bond donors (Lipinski definition) is 0. The minimum atomic E-state index is -5.62. The van der Waals surface area contributed by atoms with Gasteiger partial charge in [0, 0.05) is 26.2 Å². The number of rotatable bonds is 5. The van der Waals surface area contributed by atoms with Crippen molar-refractivity contribution < 1.29 is 25.8 Å². The van der Waals surface area contributed by atoms with Crippen molar-refractivity contribution in [2.75, 3.05) is 32.7 Å². The average molecular weight is 378 g/mol. The van der Waals surface area contributed by atoms with Crippen LogP contribution in [0.1, 0.15) is 24.0 Å². The van der Waals surface area contributed by atoms with Gasteiger partial charge in [-0.15, -0.1) is 0 Å². The molecule has 3 rings (SSSR count). The van der Waals surface area contributed by atoms with E-state index in [1.54, 1.807) is 6.07 Å². The number of nitrogens with zero attached hydrogens (tertiary/aromatic N) is 2. The van der Waals surface area contributed by atoms with Gasteiger partial charge in [-0.25, -0.2) is 0 Å². The second kappa shape index (κ2) is 7.13. The van der Waals surface area contributed by atoms with Gasteiger partial charge in [0.2, 0.25) is 0 Å². The lowest BCUT2D eigenvalue weighted by molar-refractivity contribution is -0.0500. The van der Waals surface area contributed by atoms with Gasteiger partial charge in [-0.05, 0) is 55.6 Å². The Morgan fingerprint density at radius 2 is 1.68 bits per heavy atom. The Balaban J connectivity index is 1.61. The van der Waals surface area contributed by atoms with E-state index >= 15 is 0 Å². The molecule has 0 spiro atoms. The van der Waals surface area contributed by atoms with E-state index in [0.29, 0.717) is 6.42 Å². The van der Waals surface area contributed by atoms with Crippen molar-refractivity contribution in [1.82, 2.24) is 9.80 Å². The fourth-order valence-corrected chi connectivity index (χ4v) is 3.75. The van der Waals surface area contributed by atoms with E-state index in [1.807, 2.05) is 0 Å². The summed E-state index contributed by atoms with van der Waals surface area (Å²) in [7, 11) is -5.62. The molecule has 2 heterocycles. The number of alkyl halides is 3. The molecule has 0 bridgehead atoms. The highest BCUT2D eigenvalue weighted by Crippen LogP contribution is 2.29. The summed E-state index contributed by atoms with van der Waals surface area (Å²) >= 11 is 0. The topological polar surface area (TPSA) is 49.9 Å². The van der Waals surface area contributed by atoms with E-state index in [-0.39, 0.29) is 5.75 Å². The quantitative estimate of drug-likeness (QED) is 0.582. The standard InChI is InChI=1S/C16H21F3N2O3S/c17-16(18,19)25(22,23)24-15-4-3-14-12-21(8-5-13(14)11-15)10-9-20-6-1-2-7-20/h3-4,11H,1-2,5-10,12H2. The summed E-state index contributed by atoms with van der Waals surface area (Å²) in [6, 6.07) is 4.33. The number of benzene rings is 1. The number of hydrogen-bond acceptors (Lipinski definition) is 5. The maximum absolute atomic E-state index is 12.4. The molecule has 1 fully saturated rings. The summed E-state index contributed by atoms with van der Waals surface area (Å²) in [5.74, 6) is -0.290. The van der Waals surface area contributed by atoms with E-state index in [0.717, 1.165) is 50.4 Å². The lowest BCUT2D eigenvalue weighted by Crippen LogP contribution is -2.37. The zero-order chi connectivity index (χ0) is 18.1. The van der Waals surface area contributed by atoms with Gasteiger partial charge in [0.15, 0.2) is 0 Å². The second-order valence-electron chi connectivity index (χ2n) is 6.49. The predicted octanol–water partition coefficient (Wildman–Crippen LogP) is 2.37. The highest BCUT2D eigenvalue weighted by Gasteiger charge is 2.48. The minimum Gasteiger partial charge on any atom is -0.376 e.